The van der Waals surface area contributed by atoms with E-state index in [-0.39, 0.29) is 42.0 Å². The molecule has 0 aromatic heterocycles. The van der Waals surface area contributed by atoms with Gasteiger partial charge in [-0.1, -0.05) is 23.7 Å². The van der Waals surface area contributed by atoms with Crippen LogP contribution in [0.15, 0.2) is 36.4 Å². The highest BCUT2D eigenvalue weighted by molar-refractivity contribution is 6.31. The molecule has 2 aromatic carbocycles. The molecule has 2 aliphatic rings. The van der Waals surface area contributed by atoms with Crippen molar-refractivity contribution in [3.63, 3.8) is 0 Å². The van der Waals surface area contributed by atoms with E-state index in [0.717, 1.165) is 30.5 Å². The van der Waals surface area contributed by atoms with Gasteiger partial charge in [-0.15, -0.1) is 12.4 Å². The molecule has 0 bridgehead atoms. The molecule has 3 unspecified atom stereocenters. The number of nitrogens with one attached hydrogen (secondary N) is 1. The smallest absolute Gasteiger partial charge is 0.224 e. The summed E-state index contributed by atoms with van der Waals surface area (Å²) in [5.41, 5.74) is 9.45. The zero-order chi connectivity index (χ0) is 17.6. The number of amides is 1. The van der Waals surface area contributed by atoms with Crippen LogP contribution in [-0.2, 0) is 11.2 Å². The molecular formula is C20H21Cl2FN2O. The summed E-state index contributed by atoms with van der Waals surface area (Å²) in [5.74, 6) is -0.665. The molecular weight excluding hydrogens is 374 g/mol. The Morgan fingerprint density at radius 3 is 2.85 bits per heavy atom. The second-order valence-electron chi connectivity index (χ2n) is 7.00. The quantitative estimate of drug-likeness (QED) is 0.735. The number of halogens is 3. The number of hydrogen-bond donors (Lipinski definition) is 2. The minimum Gasteiger partial charge on any atom is -0.399 e. The Morgan fingerprint density at radius 1 is 1.27 bits per heavy atom. The summed E-state index contributed by atoms with van der Waals surface area (Å²) in [6.07, 6.45) is 3.58. The van der Waals surface area contributed by atoms with Gasteiger partial charge in [0, 0.05) is 28.1 Å². The van der Waals surface area contributed by atoms with Crippen molar-refractivity contribution in [1.29, 1.82) is 0 Å². The van der Waals surface area contributed by atoms with E-state index in [2.05, 4.69) is 5.32 Å². The fraction of sp³-hybridized carbons (Fsp3) is 0.350. The van der Waals surface area contributed by atoms with Crippen LogP contribution in [-0.4, -0.2) is 5.91 Å². The highest BCUT2D eigenvalue weighted by Gasteiger charge is 2.46. The van der Waals surface area contributed by atoms with Gasteiger partial charge >= 0.3 is 0 Å². The van der Waals surface area contributed by atoms with E-state index < -0.39 is 0 Å². The maximum absolute atomic E-state index is 14.0. The second kappa shape index (κ2) is 7.45. The lowest BCUT2D eigenvalue weighted by Crippen LogP contribution is -2.32. The topological polar surface area (TPSA) is 55.1 Å². The van der Waals surface area contributed by atoms with Crippen LogP contribution in [0.3, 0.4) is 0 Å². The lowest BCUT2D eigenvalue weighted by Gasteiger charge is -2.27. The molecule has 2 aliphatic carbocycles. The summed E-state index contributed by atoms with van der Waals surface area (Å²) >= 11 is 6.12. The molecule has 0 heterocycles. The van der Waals surface area contributed by atoms with Gasteiger partial charge in [0.25, 0.3) is 0 Å². The number of aryl methyl sites for hydroxylation is 1. The molecule has 0 saturated heterocycles. The van der Waals surface area contributed by atoms with Gasteiger partial charge in [-0.25, -0.2) is 4.39 Å². The predicted octanol–water partition coefficient (Wildman–Crippen LogP) is 4.78. The van der Waals surface area contributed by atoms with Crippen LogP contribution in [0.2, 0.25) is 5.02 Å². The number of rotatable bonds is 3. The Hall–Kier alpha value is -1.78. The Balaban J connectivity index is 0.00000196. The summed E-state index contributed by atoms with van der Waals surface area (Å²) in [4.78, 5) is 12.7. The normalized spacial score (nSPS) is 23.5. The molecule has 0 aliphatic heterocycles. The van der Waals surface area contributed by atoms with Crippen molar-refractivity contribution in [3.05, 3.63) is 63.9 Å². The van der Waals surface area contributed by atoms with Crippen molar-refractivity contribution in [3.8, 4) is 0 Å². The maximum atomic E-state index is 14.0. The van der Waals surface area contributed by atoms with Crippen LogP contribution in [0, 0.1) is 11.7 Å². The van der Waals surface area contributed by atoms with E-state index in [1.165, 1.54) is 11.6 Å². The van der Waals surface area contributed by atoms with E-state index in [1.54, 1.807) is 12.1 Å². The molecule has 138 valence electrons. The van der Waals surface area contributed by atoms with Crippen molar-refractivity contribution in [1.82, 2.24) is 5.32 Å². The molecule has 4 rings (SSSR count). The van der Waals surface area contributed by atoms with Gasteiger partial charge in [-0.05, 0) is 61.1 Å². The molecule has 3 nitrogen and oxygen atoms in total. The molecule has 26 heavy (non-hydrogen) atoms. The summed E-state index contributed by atoms with van der Waals surface area (Å²) < 4.78 is 14.0. The number of carbonyl (C=O) groups is 1. The SMILES string of the molecule is Cl.Nc1ccc2c(c1)CCCC2NC(=O)C1CC1c1c(F)cccc1Cl. The van der Waals surface area contributed by atoms with Crippen molar-refractivity contribution in [2.75, 3.05) is 5.73 Å². The van der Waals surface area contributed by atoms with Crippen LogP contribution in [0.5, 0.6) is 0 Å². The zero-order valence-electron chi connectivity index (χ0n) is 14.2. The van der Waals surface area contributed by atoms with Gasteiger partial charge in [0.2, 0.25) is 5.91 Å². The number of nitrogens with two attached hydrogens (primary N) is 1. The predicted molar refractivity (Wildman–Crippen MR) is 104 cm³/mol. The van der Waals surface area contributed by atoms with Crippen molar-refractivity contribution in [2.45, 2.75) is 37.6 Å². The van der Waals surface area contributed by atoms with Crippen molar-refractivity contribution in [2.24, 2.45) is 5.92 Å². The zero-order valence-corrected chi connectivity index (χ0v) is 15.7. The van der Waals surface area contributed by atoms with Crippen LogP contribution in [0.1, 0.15) is 47.9 Å². The molecule has 0 spiro atoms. The summed E-state index contributed by atoms with van der Waals surface area (Å²) in [6, 6.07) is 10.5. The van der Waals surface area contributed by atoms with Gasteiger partial charge < -0.3 is 11.1 Å². The third-order valence-electron chi connectivity index (χ3n) is 5.30. The molecule has 2 aromatic rings. The van der Waals surface area contributed by atoms with Crippen molar-refractivity contribution < 1.29 is 9.18 Å². The van der Waals surface area contributed by atoms with Gasteiger partial charge in [0.15, 0.2) is 0 Å². The lowest BCUT2D eigenvalue weighted by atomic mass is 9.87. The van der Waals surface area contributed by atoms with Gasteiger partial charge in [-0.3, -0.25) is 4.79 Å². The minimum atomic E-state index is -0.328. The minimum absolute atomic E-state index is 0. The number of benzene rings is 2. The first kappa shape index (κ1) is 19.0. The Labute approximate surface area is 163 Å². The maximum Gasteiger partial charge on any atom is 0.224 e. The molecule has 1 saturated carbocycles. The Morgan fingerprint density at radius 2 is 2.08 bits per heavy atom. The number of carbonyl (C=O) groups excluding carboxylic acids is 1. The fourth-order valence-corrected chi connectivity index (χ4v) is 4.23. The highest BCUT2D eigenvalue weighted by atomic mass is 35.5. The first-order chi connectivity index (χ1) is 12.0. The third-order valence-corrected chi connectivity index (χ3v) is 5.63. The van der Waals surface area contributed by atoms with E-state index in [4.69, 9.17) is 17.3 Å². The third kappa shape index (κ3) is 3.53. The standard InChI is InChI=1S/C20H20ClFN2O.ClH/c21-16-4-2-5-17(22)19(16)14-10-15(14)20(25)24-18-6-1-3-11-9-12(23)7-8-13(11)18;/h2,4-5,7-9,14-15,18H,1,3,6,10,23H2,(H,24,25);1H. The molecule has 0 radical (unpaired) electrons. The second-order valence-corrected chi connectivity index (χ2v) is 7.40. The van der Waals surface area contributed by atoms with Gasteiger partial charge in [-0.2, -0.15) is 0 Å². The van der Waals surface area contributed by atoms with Gasteiger partial charge in [0.05, 0.1) is 6.04 Å². The lowest BCUT2D eigenvalue weighted by molar-refractivity contribution is -0.123. The van der Waals surface area contributed by atoms with E-state index in [0.29, 0.717) is 17.0 Å². The average Bonchev–Trinajstić information content (AvgIpc) is 3.35. The summed E-state index contributed by atoms with van der Waals surface area (Å²) in [6.45, 7) is 0. The number of fused-ring (bicyclic) bond motifs is 1. The van der Waals surface area contributed by atoms with E-state index in [9.17, 15) is 9.18 Å². The summed E-state index contributed by atoms with van der Waals surface area (Å²) in [5, 5.41) is 3.55. The molecule has 6 heteroatoms. The fourth-order valence-electron chi connectivity index (χ4n) is 3.93. The van der Waals surface area contributed by atoms with Crippen LogP contribution >= 0.6 is 24.0 Å². The number of nitrogen functional groups attached to an aromatic ring is 1. The molecule has 1 fully saturated rings. The summed E-state index contributed by atoms with van der Waals surface area (Å²) in [7, 11) is 0. The van der Waals surface area contributed by atoms with Crippen molar-refractivity contribution >= 4 is 35.6 Å². The largest absolute Gasteiger partial charge is 0.399 e. The molecule has 3 N–H and O–H groups in total. The first-order valence-electron chi connectivity index (χ1n) is 8.67. The van der Waals surface area contributed by atoms with Crippen LogP contribution in [0.25, 0.3) is 0 Å². The van der Waals surface area contributed by atoms with Crippen LogP contribution < -0.4 is 11.1 Å². The van der Waals surface area contributed by atoms with E-state index in [1.807, 2.05) is 18.2 Å². The highest BCUT2D eigenvalue weighted by Crippen LogP contribution is 2.51. The van der Waals surface area contributed by atoms with Gasteiger partial charge in [0.1, 0.15) is 5.82 Å². The average molecular weight is 395 g/mol. The first-order valence-corrected chi connectivity index (χ1v) is 9.05. The molecule has 3 atom stereocenters. The number of anilines is 1. The Bertz CT molecular complexity index is 822. The Kier molecular flexibility index (Phi) is 5.44. The monoisotopic (exact) mass is 394 g/mol. The van der Waals surface area contributed by atoms with Crippen LogP contribution in [0.4, 0.5) is 10.1 Å². The molecule has 1 amide bonds. The van der Waals surface area contributed by atoms with E-state index >= 15 is 0 Å². The number of hydrogen-bond acceptors (Lipinski definition) is 2.